The molecule has 18 heteroatoms. The number of benzene rings is 2. The first-order valence-corrected chi connectivity index (χ1v) is 27.7. The first-order valence-electron chi connectivity index (χ1n) is 25.4. The molecule has 2 saturated heterocycles. The highest BCUT2D eigenvalue weighted by Gasteiger charge is 2.45. The van der Waals surface area contributed by atoms with Crippen molar-refractivity contribution < 1.29 is 9.59 Å². The predicted molar refractivity (Wildman–Crippen MR) is 286 cm³/mol. The van der Waals surface area contributed by atoms with Gasteiger partial charge in [-0.15, -0.1) is 0 Å². The van der Waals surface area contributed by atoms with Crippen LogP contribution < -0.4 is 21.3 Å². The standard InChI is InChI=1S/2C27H30BrClN6O/c2*28-20-13-19-2-1-18-14-21(29)3-4-22(18)25(24(19)33-15-20)34-11-10-31-23(16-34)26(36)32-8-7-27(5-6-27)35-12-9-30-17-35/h2*3-4,9,12-15,17,23,25,31H,1-2,5-8,10-11,16H2,(H,32,36)/t23-,25+;23-,25-/m11/s1. The van der Waals surface area contributed by atoms with Crippen LogP contribution in [0, 0.1) is 0 Å². The van der Waals surface area contributed by atoms with E-state index in [-0.39, 0.29) is 47.1 Å². The Hall–Kier alpha value is -4.52. The molecule has 6 heterocycles. The van der Waals surface area contributed by atoms with Crippen LogP contribution in [0.25, 0.3) is 0 Å². The van der Waals surface area contributed by atoms with Gasteiger partial charge in [0, 0.05) is 120 Å². The highest BCUT2D eigenvalue weighted by molar-refractivity contribution is 9.10. The van der Waals surface area contributed by atoms with Crippen LogP contribution in [0.2, 0.25) is 10.0 Å². The summed E-state index contributed by atoms with van der Waals surface area (Å²) >= 11 is 19.9. The molecule has 6 aliphatic rings. The highest BCUT2D eigenvalue weighted by atomic mass is 79.9. The number of halogens is 4. The molecule has 0 radical (unpaired) electrons. The second kappa shape index (κ2) is 21.4. The fourth-order valence-electron chi connectivity index (χ4n) is 11.7. The van der Waals surface area contributed by atoms with E-state index < -0.39 is 0 Å². The number of hydrogen-bond donors (Lipinski definition) is 4. The lowest BCUT2D eigenvalue weighted by atomic mass is 9.95. The molecule has 4 aliphatic carbocycles. The third kappa shape index (κ3) is 10.7. The van der Waals surface area contributed by atoms with E-state index in [4.69, 9.17) is 33.2 Å². The smallest absolute Gasteiger partial charge is 0.238 e. The van der Waals surface area contributed by atoms with Gasteiger partial charge in [0.1, 0.15) is 0 Å². The number of carbonyl (C=O) groups excluding carboxylic acids is 2. The first kappa shape index (κ1) is 49.7. The molecule has 0 unspecified atom stereocenters. The summed E-state index contributed by atoms with van der Waals surface area (Å²) in [6.45, 7) is 5.78. The second-order valence-electron chi connectivity index (χ2n) is 20.4. The van der Waals surface area contributed by atoms with Gasteiger partial charge in [-0.3, -0.25) is 29.4 Å². The topological polar surface area (TPSA) is 150 Å². The zero-order chi connectivity index (χ0) is 49.4. The van der Waals surface area contributed by atoms with Crippen LogP contribution in [0.15, 0.2) is 107 Å². The van der Waals surface area contributed by atoms with Gasteiger partial charge in [0.2, 0.25) is 11.8 Å². The molecule has 14 nitrogen and oxygen atoms in total. The van der Waals surface area contributed by atoms with E-state index in [0.717, 1.165) is 121 Å². The zero-order valence-corrected chi connectivity index (χ0v) is 44.9. The normalized spacial score (nSPS) is 22.8. The third-order valence-electron chi connectivity index (χ3n) is 15.9. The minimum atomic E-state index is -0.264. The van der Waals surface area contributed by atoms with E-state index in [0.29, 0.717) is 26.2 Å². The van der Waals surface area contributed by atoms with Crippen LogP contribution in [0.5, 0.6) is 0 Å². The van der Waals surface area contributed by atoms with E-state index in [1.807, 2.05) is 62.0 Å². The molecule has 2 amide bonds. The first-order chi connectivity index (χ1) is 35.0. The van der Waals surface area contributed by atoms with Gasteiger partial charge in [-0.2, -0.15) is 0 Å². The number of nitrogens with zero attached hydrogens (tertiary/aromatic N) is 8. The molecule has 4 N–H and O–H groups in total. The molecule has 2 aliphatic heterocycles. The number of aryl methyl sites for hydroxylation is 4. The molecule has 376 valence electrons. The number of rotatable bonds is 12. The average molecular weight is 1140 g/mol. The Balaban J connectivity index is 0.000000156. The van der Waals surface area contributed by atoms with Gasteiger partial charge in [0.25, 0.3) is 0 Å². The Morgan fingerprint density at radius 1 is 0.625 bits per heavy atom. The number of fused-ring (bicyclic) bond motifs is 4. The predicted octanol–water partition coefficient (Wildman–Crippen LogP) is 7.70. The van der Waals surface area contributed by atoms with Crippen molar-refractivity contribution in [3.05, 3.63) is 162 Å². The van der Waals surface area contributed by atoms with Crippen molar-refractivity contribution in [1.29, 1.82) is 0 Å². The molecule has 0 spiro atoms. The molecule has 0 bridgehead atoms. The number of hydrogen-bond acceptors (Lipinski definition) is 10. The van der Waals surface area contributed by atoms with Gasteiger partial charge < -0.3 is 30.4 Å². The van der Waals surface area contributed by atoms with E-state index in [1.165, 1.54) is 33.4 Å². The number of carbonyl (C=O) groups is 2. The van der Waals surface area contributed by atoms with Gasteiger partial charge in [-0.25, -0.2) is 9.97 Å². The lowest BCUT2D eigenvalue weighted by Gasteiger charge is -2.39. The molecule has 12 rings (SSSR count). The van der Waals surface area contributed by atoms with E-state index >= 15 is 0 Å². The van der Waals surface area contributed by atoms with Crippen molar-refractivity contribution in [3.8, 4) is 0 Å². The molecule has 6 aromatic rings. The number of nitrogens with one attached hydrogen (secondary N) is 4. The fraction of sp³-hybridized carbons (Fsp3) is 0.444. The number of aromatic nitrogens is 6. The summed E-state index contributed by atoms with van der Waals surface area (Å²) in [5.41, 5.74) is 9.91. The number of imidazole rings is 2. The van der Waals surface area contributed by atoms with Crippen LogP contribution >= 0.6 is 55.1 Å². The van der Waals surface area contributed by atoms with E-state index in [2.05, 4.69) is 118 Å². The second-order valence-corrected chi connectivity index (χ2v) is 23.1. The minimum absolute atomic E-state index is 0.00348. The SMILES string of the molecule is O=C(NCCC1(n2ccnc2)CC1)[C@H]1CN([C@@H]2c3ccc(Cl)cc3CCc3cc(Br)cnc32)CCN1.O=C(NCCC1(n2ccnc2)CC1)[C@H]1CN([C@H]2c3ccc(Cl)cc3CCc3cc(Br)cnc32)CCN1. The molecule has 4 fully saturated rings. The van der Waals surface area contributed by atoms with Gasteiger partial charge in [0.05, 0.1) is 48.2 Å². The van der Waals surface area contributed by atoms with Crippen molar-refractivity contribution >= 4 is 66.9 Å². The summed E-state index contributed by atoms with van der Waals surface area (Å²) in [6, 6.07) is 16.2. The summed E-state index contributed by atoms with van der Waals surface area (Å²) in [5.74, 6) is 0.130. The minimum Gasteiger partial charge on any atom is -0.355 e. The Morgan fingerprint density at radius 3 is 1.46 bits per heavy atom. The summed E-state index contributed by atoms with van der Waals surface area (Å²) in [4.78, 5) is 49.4. The van der Waals surface area contributed by atoms with Crippen LogP contribution in [0.4, 0.5) is 0 Å². The monoisotopic (exact) mass is 1140 g/mol. The maximum absolute atomic E-state index is 13.2. The lowest BCUT2D eigenvalue weighted by molar-refractivity contribution is -0.125. The van der Waals surface area contributed by atoms with Gasteiger partial charge >= 0.3 is 0 Å². The van der Waals surface area contributed by atoms with Crippen molar-refractivity contribution in [2.24, 2.45) is 0 Å². The molecule has 4 aromatic heterocycles. The van der Waals surface area contributed by atoms with E-state index in [1.54, 1.807) is 0 Å². The summed E-state index contributed by atoms with van der Waals surface area (Å²) in [7, 11) is 0. The molecular formula is C54H60Br2Cl2N12O2. The summed E-state index contributed by atoms with van der Waals surface area (Å²) in [6.07, 6.45) is 25.3. The number of piperazine rings is 2. The maximum atomic E-state index is 13.2. The Labute approximate surface area is 447 Å². The van der Waals surface area contributed by atoms with Crippen LogP contribution in [0.1, 0.15) is 95.4 Å². The van der Waals surface area contributed by atoms with Crippen LogP contribution in [-0.4, -0.2) is 115 Å². The van der Waals surface area contributed by atoms with Gasteiger partial charge in [-0.1, -0.05) is 35.3 Å². The molecule has 2 saturated carbocycles. The summed E-state index contributed by atoms with van der Waals surface area (Å²) in [5, 5.41) is 14.8. The van der Waals surface area contributed by atoms with Crippen molar-refractivity contribution in [2.45, 2.75) is 99.5 Å². The summed E-state index contributed by atoms with van der Waals surface area (Å²) < 4.78 is 6.37. The fourth-order valence-corrected chi connectivity index (χ4v) is 12.8. The molecule has 4 atom stereocenters. The van der Waals surface area contributed by atoms with Gasteiger partial charge in [-0.05, 0) is 166 Å². The third-order valence-corrected chi connectivity index (χ3v) is 17.2. The number of pyridine rings is 2. The largest absolute Gasteiger partial charge is 0.355 e. The van der Waals surface area contributed by atoms with Crippen molar-refractivity contribution in [1.82, 2.24) is 60.1 Å². The average Bonchev–Trinajstić information content (AvgIpc) is 4.23. The molecule has 2 aromatic carbocycles. The number of amides is 2. The zero-order valence-electron chi connectivity index (χ0n) is 40.2. The van der Waals surface area contributed by atoms with Crippen LogP contribution in [-0.2, 0) is 46.4 Å². The lowest BCUT2D eigenvalue weighted by Crippen LogP contribution is -2.58. The molecule has 72 heavy (non-hydrogen) atoms. The van der Waals surface area contributed by atoms with Crippen molar-refractivity contribution in [3.63, 3.8) is 0 Å². The highest BCUT2D eigenvalue weighted by Crippen LogP contribution is 2.47. The Bertz CT molecular complexity index is 2610. The quantitative estimate of drug-likeness (QED) is 0.0961. The van der Waals surface area contributed by atoms with Crippen molar-refractivity contribution in [2.75, 3.05) is 52.4 Å². The van der Waals surface area contributed by atoms with E-state index in [9.17, 15) is 9.59 Å². The van der Waals surface area contributed by atoms with Gasteiger partial charge in [0.15, 0.2) is 0 Å². The van der Waals surface area contributed by atoms with Crippen LogP contribution in [0.3, 0.4) is 0 Å². The maximum Gasteiger partial charge on any atom is 0.238 e. The Morgan fingerprint density at radius 2 is 1.06 bits per heavy atom. The Kier molecular flexibility index (Phi) is 14.7. The molecular weight excluding hydrogens is 1080 g/mol.